The number of nitrogens with zero attached hydrogens (tertiary/aromatic N) is 4. The lowest BCUT2D eigenvalue weighted by Gasteiger charge is -2.38. The first-order valence-electron chi connectivity index (χ1n) is 9.92. The minimum absolute atomic E-state index is 0.133. The summed E-state index contributed by atoms with van der Waals surface area (Å²) in [6, 6.07) is 12.2. The summed E-state index contributed by atoms with van der Waals surface area (Å²) in [5, 5.41) is 7.12. The zero-order valence-electron chi connectivity index (χ0n) is 16.9. The van der Waals surface area contributed by atoms with E-state index in [4.69, 9.17) is 4.74 Å². The third kappa shape index (κ3) is 3.93. The van der Waals surface area contributed by atoms with Crippen molar-refractivity contribution in [3.63, 3.8) is 0 Å². The molecule has 0 saturated heterocycles. The van der Waals surface area contributed by atoms with Crippen molar-refractivity contribution in [2.75, 3.05) is 6.61 Å². The smallest absolute Gasteiger partial charge is 0.491 e. The lowest BCUT2D eigenvalue weighted by molar-refractivity contribution is -0.274. The van der Waals surface area contributed by atoms with Crippen molar-refractivity contribution >= 4 is 11.6 Å². The molecule has 168 valence electrons. The van der Waals surface area contributed by atoms with E-state index < -0.39 is 17.8 Å². The number of hydrogen-bond acceptors (Lipinski definition) is 6. The molecule has 0 radical (unpaired) electrons. The molecule has 3 aromatic heterocycles. The van der Waals surface area contributed by atoms with Gasteiger partial charge in [0.05, 0.1) is 12.8 Å². The topological polar surface area (TPSA) is 90.6 Å². The lowest BCUT2D eigenvalue weighted by Crippen LogP contribution is -2.50. The highest BCUT2D eigenvalue weighted by molar-refractivity contribution is 5.94. The molecular formula is C22H16F3N5O3. The molecule has 1 amide bonds. The summed E-state index contributed by atoms with van der Waals surface area (Å²) in [6.07, 6.45) is 0.119. The molecule has 1 atom stereocenters. The van der Waals surface area contributed by atoms with Crippen LogP contribution in [0.3, 0.4) is 0 Å². The summed E-state index contributed by atoms with van der Waals surface area (Å²) in [4.78, 5) is 22.0. The van der Waals surface area contributed by atoms with Gasteiger partial charge >= 0.3 is 6.36 Å². The van der Waals surface area contributed by atoms with Crippen molar-refractivity contribution in [2.24, 2.45) is 0 Å². The van der Waals surface area contributed by atoms with E-state index in [1.165, 1.54) is 35.0 Å². The van der Waals surface area contributed by atoms with Gasteiger partial charge in [-0.15, -0.1) is 13.2 Å². The van der Waals surface area contributed by atoms with E-state index in [0.29, 0.717) is 29.1 Å². The molecule has 5 rings (SSSR count). The van der Waals surface area contributed by atoms with Crippen molar-refractivity contribution in [1.82, 2.24) is 24.9 Å². The number of hydrogen-bond donors (Lipinski definition) is 1. The van der Waals surface area contributed by atoms with Gasteiger partial charge in [0.2, 0.25) is 0 Å². The van der Waals surface area contributed by atoms with Gasteiger partial charge in [-0.25, -0.2) is 9.50 Å². The Labute approximate surface area is 185 Å². The van der Waals surface area contributed by atoms with Crippen LogP contribution in [-0.2, 0) is 5.54 Å². The number of alkyl halides is 3. The molecule has 4 heterocycles. The van der Waals surface area contributed by atoms with Crippen LogP contribution in [0, 0.1) is 0 Å². The van der Waals surface area contributed by atoms with Crippen LogP contribution in [0.15, 0.2) is 67.1 Å². The van der Waals surface area contributed by atoms with Gasteiger partial charge in [-0.05, 0) is 42.0 Å². The molecule has 0 spiro atoms. The Kier molecular flexibility index (Phi) is 4.88. The zero-order valence-corrected chi connectivity index (χ0v) is 16.9. The molecule has 1 N–H and O–H groups in total. The maximum absolute atomic E-state index is 13.3. The van der Waals surface area contributed by atoms with E-state index in [1.807, 2.05) is 0 Å². The molecule has 33 heavy (non-hydrogen) atoms. The van der Waals surface area contributed by atoms with Crippen molar-refractivity contribution < 1.29 is 27.4 Å². The van der Waals surface area contributed by atoms with E-state index in [0.717, 1.165) is 0 Å². The second-order valence-corrected chi connectivity index (χ2v) is 7.33. The van der Waals surface area contributed by atoms with E-state index in [9.17, 15) is 18.0 Å². The molecule has 1 aliphatic heterocycles. The maximum atomic E-state index is 13.3. The van der Waals surface area contributed by atoms with Gasteiger partial charge in [0, 0.05) is 18.8 Å². The minimum Gasteiger partial charge on any atom is -0.491 e. The van der Waals surface area contributed by atoms with Crippen LogP contribution < -0.4 is 14.8 Å². The van der Waals surface area contributed by atoms with E-state index in [-0.39, 0.29) is 18.1 Å². The molecule has 4 aromatic rings. The van der Waals surface area contributed by atoms with E-state index in [1.54, 1.807) is 36.7 Å². The monoisotopic (exact) mass is 455 g/mol. The number of aromatic nitrogens is 4. The van der Waals surface area contributed by atoms with Crippen LogP contribution in [0.25, 0.3) is 5.65 Å². The highest BCUT2D eigenvalue weighted by atomic mass is 19.4. The van der Waals surface area contributed by atoms with E-state index in [2.05, 4.69) is 25.1 Å². The average Bonchev–Trinajstić information content (AvgIpc) is 3.23. The number of carbonyl (C=O) groups excluding carboxylic acids is 1. The number of amides is 1. The second kappa shape index (κ2) is 7.76. The van der Waals surface area contributed by atoms with Crippen molar-refractivity contribution in [2.45, 2.75) is 18.3 Å². The predicted octanol–water partition coefficient (Wildman–Crippen LogP) is 3.48. The summed E-state index contributed by atoms with van der Waals surface area (Å²) in [5.74, 6) is -0.390. The standard InChI is InChI=1S/C22H16F3N5O3/c23-22(24,25)33-15-7-5-14(6-8-15)21(9-12-32-17-3-1-10-26-19(17)21)29-20(31)16-13-30-18(28-16)4-2-11-27-30/h1-8,10-11,13H,9,12H2,(H,29,31). The van der Waals surface area contributed by atoms with Gasteiger partial charge in [-0.3, -0.25) is 9.78 Å². The van der Waals surface area contributed by atoms with Crippen LogP contribution >= 0.6 is 0 Å². The van der Waals surface area contributed by atoms with Crippen LogP contribution in [0.2, 0.25) is 0 Å². The third-order valence-corrected chi connectivity index (χ3v) is 5.29. The van der Waals surface area contributed by atoms with Crippen LogP contribution in [0.1, 0.15) is 28.2 Å². The lowest BCUT2D eigenvalue weighted by atomic mass is 9.81. The molecule has 0 bridgehead atoms. The molecule has 8 nitrogen and oxygen atoms in total. The Morgan fingerprint density at radius 3 is 2.67 bits per heavy atom. The van der Waals surface area contributed by atoms with Gasteiger partial charge in [0.25, 0.3) is 5.91 Å². The molecule has 11 heteroatoms. The van der Waals surface area contributed by atoms with Gasteiger partial charge < -0.3 is 14.8 Å². The highest BCUT2D eigenvalue weighted by Crippen LogP contribution is 2.41. The molecule has 0 fully saturated rings. The number of pyridine rings is 1. The Morgan fingerprint density at radius 1 is 1.12 bits per heavy atom. The normalized spacial score (nSPS) is 17.8. The van der Waals surface area contributed by atoms with Crippen LogP contribution in [0.5, 0.6) is 11.5 Å². The molecule has 0 aliphatic carbocycles. The summed E-state index contributed by atoms with van der Waals surface area (Å²) < 4.78 is 49.0. The van der Waals surface area contributed by atoms with Crippen LogP contribution in [-0.4, -0.2) is 38.5 Å². The SMILES string of the molecule is O=C(NC1(c2ccc(OC(F)(F)F)cc2)CCOc2cccnc21)c1cn2ncccc2n1. The number of nitrogens with one attached hydrogen (secondary N) is 1. The largest absolute Gasteiger partial charge is 0.573 e. The number of imidazole rings is 1. The molecule has 0 saturated carbocycles. The predicted molar refractivity (Wildman–Crippen MR) is 109 cm³/mol. The van der Waals surface area contributed by atoms with Gasteiger partial charge in [0.15, 0.2) is 5.65 Å². The summed E-state index contributed by atoms with van der Waals surface area (Å²) in [6.45, 7) is 0.256. The first kappa shape index (κ1) is 20.7. The summed E-state index contributed by atoms with van der Waals surface area (Å²) >= 11 is 0. The summed E-state index contributed by atoms with van der Waals surface area (Å²) in [7, 11) is 0. The fourth-order valence-electron chi connectivity index (χ4n) is 3.87. The zero-order chi connectivity index (χ0) is 23.1. The first-order chi connectivity index (χ1) is 15.8. The van der Waals surface area contributed by atoms with Crippen molar-refractivity contribution in [1.29, 1.82) is 0 Å². The summed E-state index contributed by atoms with van der Waals surface area (Å²) in [5.41, 5.74) is 0.433. The molecule has 1 aromatic carbocycles. The van der Waals surface area contributed by atoms with Crippen LogP contribution in [0.4, 0.5) is 13.2 Å². The first-order valence-corrected chi connectivity index (χ1v) is 9.92. The number of ether oxygens (including phenoxy) is 2. The Balaban J connectivity index is 1.56. The number of benzene rings is 1. The quantitative estimate of drug-likeness (QED) is 0.507. The number of carbonyl (C=O) groups is 1. The highest BCUT2D eigenvalue weighted by Gasteiger charge is 2.43. The number of halogens is 3. The third-order valence-electron chi connectivity index (χ3n) is 5.29. The fourth-order valence-corrected chi connectivity index (χ4v) is 3.87. The Hall–Kier alpha value is -4.15. The number of fused-ring (bicyclic) bond motifs is 2. The van der Waals surface area contributed by atoms with E-state index >= 15 is 0 Å². The van der Waals surface area contributed by atoms with Crippen molar-refractivity contribution in [3.05, 3.63) is 84.1 Å². The maximum Gasteiger partial charge on any atom is 0.573 e. The molecule has 1 unspecified atom stereocenters. The van der Waals surface area contributed by atoms with Crippen molar-refractivity contribution in [3.8, 4) is 11.5 Å². The second-order valence-electron chi connectivity index (χ2n) is 7.33. The molecule has 1 aliphatic rings. The Morgan fingerprint density at radius 2 is 1.91 bits per heavy atom. The fraction of sp³-hybridized carbons (Fsp3) is 0.182. The molecular weight excluding hydrogens is 439 g/mol. The number of rotatable bonds is 4. The van der Waals surface area contributed by atoms with Gasteiger partial charge in [-0.2, -0.15) is 5.10 Å². The average molecular weight is 455 g/mol. The Bertz CT molecular complexity index is 1290. The minimum atomic E-state index is -4.81. The van der Waals surface area contributed by atoms with Gasteiger partial charge in [-0.1, -0.05) is 12.1 Å². The van der Waals surface area contributed by atoms with Gasteiger partial charge in [0.1, 0.15) is 28.4 Å².